The number of carbonyl (C=O) groups is 1. The molecule has 0 aliphatic carbocycles. The molecule has 0 spiro atoms. The van der Waals surface area contributed by atoms with Crippen LogP contribution in [-0.4, -0.2) is 17.4 Å². The highest BCUT2D eigenvalue weighted by atomic mass is 19.1. The molecule has 4 rings (SSSR count). The molecule has 1 aliphatic rings. The van der Waals surface area contributed by atoms with E-state index in [2.05, 4.69) is 31.2 Å². The summed E-state index contributed by atoms with van der Waals surface area (Å²) >= 11 is 0. The largest absolute Gasteiger partial charge is 0.327 e. The number of fused-ring (bicyclic) bond motifs is 1. The second-order valence-electron chi connectivity index (χ2n) is 6.69. The summed E-state index contributed by atoms with van der Waals surface area (Å²) in [6.07, 6.45) is 0.777. The van der Waals surface area contributed by atoms with Crippen molar-refractivity contribution in [1.29, 1.82) is 0 Å². The number of carbonyl (C=O) groups excluding carboxylic acids is 1. The van der Waals surface area contributed by atoms with E-state index in [1.807, 2.05) is 29.2 Å². The molecular formula is C23H20FNO. The molecule has 3 aromatic rings. The number of hydrogen-bond acceptors (Lipinski definition) is 1. The maximum Gasteiger partial charge on any atom is 0.257 e. The van der Waals surface area contributed by atoms with Crippen molar-refractivity contribution in [3.63, 3.8) is 0 Å². The Labute approximate surface area is 152 Å². The van der Waals surface area contributed by atoms with Crippen molar-refractivity contribution in [2.75, 3.05) is 6.54 Å². The van der Waals surface area contributed by atoms with Crippen LogP contribution in [0.15, 0.2) is 72.8 Å². The van der Waals surface area contributed by atoms with E-state index in [0.717, 1.165) is 23.1 Å². The Morgan fingerprint density at radius 1 is 0.923 bits per heavy atom. The normalized spacial score (nSPS) is 16.2. The fourth-order valence-corrected chi connectivity index (χ4v) is 3.80. The molecule has 26 heavy (non-hydrogen) atoms. The van der Waals surface area contributed by atoms with Gasteiger partial charge in [-0.25, -0.2) is 4.39 Å². The van der Waals surface area contributed by atoms with Crippen molar-refractivity contribution in [2.24, 2.45) is 0 Å². The predicted octanol–water partition coefficient (Wildman–Crippen LogP) is 4.92. The monoisotopic (exact) mass is 345 g/mol. The van der Waals surface area contributed by atoms with E-state index in [4.69, 9.17) is 0 Å². The third kappa shape index (κ3) is 2.80. The molecule has 130 valence electrons. The van der Waals surface area contributed by atoms with Crippen LogP contribution in [0.25, 0.3) is 0 Å². The van der Waals surface area contributed by atoms with Crippen LogP contribution in [-0.2, 0) is 6.42 Å². The predicted molar refractivity (Wildman–Crippen MR) is 101 cm³/mol. The molecule has 1 heterocycles. The summed E-state index contributed by atoms with van der Waals surface area (Å²) in [5.74, 6) is -0.731. The van der Waals surface area contributed by atoms with E-state index in [1.54, 1.807) is 18.2 Å². The van der Waals surface area contributed by atoms with Gasteiger partial charge in [0.2, 0.25) is 0 Å². The average Bonchev–Trinajstić information content (AvgIpc) is 2.67. The van der Waals surface area contributed by atoms with Crippen LogP contribution in [0, 0.1) is 12.7 Å². The first-order chi connectivity index (χ1) is 12.7. The van der Waals surface area contributed by atoms with Crippen LogP contribution in [0.3, 0.4) is 0 Å². The number of rotatable bonds is 2. The van der Waals surface area contributed by atoms with Gasteiger partial charge < -0.3 is 4.90 Å². The van der Waals surface area contributed by atoms with Crippen LogP contribution in [0.4, 0.5) is 4.39 Å². The van der Waals surface area contributed by atoms with E-state index in [-0.39, 0.29) is 17.5 Å². The van der Waals surface area contributed by atoms with Gasteiger partial charge >= 0.3 is 0 Å². The van der Waals surface area contributed by atoms with Gasteiger partial charge in [-0.2, -0.15) is 0 Å². The summed E-state index contributed by atoms with van der Waals surface area (Å²) in [5, 5.41) is 0. The van der Waals surface area contributed by atoms with Crippen molar-refractivity contribution >= 4 is 5.91 Å². The van der Waals surface area contributed by atoms with Gasteiger partial charge in [0.15, 0.2) is 0 Å². The van der Waals surface area contributed by atoms with Crippen LogP contribution in [0.1, 0.15) is 38.7 Å². The molecule has 3 heteroatoms. The standard InChI is InChI=1S/C23H20FNO/c1-16-8-2-4-10-18(16)22-19-11-5-3-9-17(19)14-15-25(22)23(26)20-12-6-7-13-21(20)24/h2-13,22H,14-15H2,1H3. The van der Waals surface area contributed by atoms with Crippen molar-refractivity contribution in [2.45, 2.75) is 19.4 Å². The molecule has 2 nitrogen and oxygen atoms in total. The van der Waals surface area contributed by atoms with E-state index in [9.17, 15) is 9.18 Å². The Kier molecular flexibility index (Phi) is 4.29. The second kappa shape index (κ2) is 6.75. The number of aryl methyl sites for hydroxylation is 1. The summed E-state index contributed by atoms with van der Waals surface area (Å²) in [6.45, 7) is 2.63. The average molecular weight is 345 g/mol. The summed E-state index contributed by atoms with van der Waals surface area (Å²) in [6, 6.07) is 22.3. The molecule has 0 saturated heterocycles. The number of halogens is 1. The highest BCUT2D eigenvalue weighted by molar-refractivity contribution is 5.95. The zero-order valence-electron chi connectivity index (χ0n) is 14.7. The zero-order chi connectivity index (χ0) is 18.1. The van der Waals surface area contributed by atoms with Gasteiger partial charge in [-0.05, 0) is 47.7 Å². The van der Waals surface area contributed by atoms with Gasteiger partial charge in [0, 0.05) is 6.54 Å². The van der Waals surface area contributed by atoms with E-state index < -0.39 is 5.82 Å². The SMILES string of the molecule is Cc1ccccc1C1c2ccccc2CCN1C(=O)c1ccccc1F. The molecule has 0 N–H and O–H groups in total. The van der Waals surface area contributed by atoms with Gasteiger partial charge in [-0.15, -0.1) is 0 Å². The first kappa shape index (κ1) is 16.5. The highest BCUT2D eigenvalue weighted by Gasteiger charge is 2.33. The summed E-state index contributed by atoms with van der Waals surface area (Å²) in [5.41, 5.74) is 4.71. The van der Waals surface area contributed by atoms with Gasteiger partial charge in [-0.1, -0.05) is 60.7 Å². The van der Waals surface area contributed by atoms with E-state index in [1.165, 1.54) is 11.6 Å². The third-order valence-electron chi connectivity index (χ3n) is 5.13. The topological polar surface area (TPSA) is 20.3 Å². The summed E-state index contributed by atoms with van der Waals surface area (Å²) in [7, 11) is 0. The quantitative estimate of drug-likeness (QED) is 0.645. The Balaban J connectivity index is 1.85. The summed E-state index contributed by atoms with van der Waals surface area (Å²) < 4.78 is 14.3. The van der Waals surface area contributed by atoms with Gasteiger partial charge in [0.05, 0.1) is 11.6 Å². The lowest BCUT2D eigenvalue weighted by Crippen LogP contribution is -2.41. The lowest BCUT2D eigenvalue weighted by atomic mass is 9.86. The Bertz CT molecular complexity index is 966. The van der Waals surface area contributed by atoms with Gasteiger partial charge in [0.25, 0.3) is 5.91 Å². The Hall–Kier alpha value is -2.94. The number of nitrogens with zero attached hydrogens (tertiary/aromatic N) is 1. The maximum atomic E-state index is 14.3. The first-order valence-electron chi connectivity index (χ1n) is 8.85. The molecule has 1 unspecified atom stereocenters. The minimum Gasteiger partial charge on any atom is -0.327 e. The maximum absolute atomic E-state index is 14.3. The number of amides is 1. The minimum atomic E-state index is -0.472. The zero-order valence-corrected chi connectivity index (χ0v) is 14.7. The molecule has 0 bridgehead atoms. The lowest BCUT2D eigenvalue weighted by Gasteiger charge is -2.38. The van der Waals surface area contributed by atoms with Crippen LogP contribution in [0.5, 0.6) is 0 Å². The van der Waals surface area contributed by atoms with Gasteiger partial charge in [-0.3, -0.25) is 4.79 Å². The van der Waals surface area contributed by atoms with E-state index in [0.29, 0.717) is 6.54 Å². The molecule has 1 aliphatic heterocycles. The van der Waals surface area contributed by atoms with Crippen LogP contribution >= 0.6 is 0 Å². The van der Waals surface area contributed by atoms with Gasteiger partial charge in [0.1, 0.15) is 5.82 Å². The third-order valence-corrected chi connectivity index (χ3v) is 5.13. The van der Waals surface area contributed by atoms with Crippen molar-refractivity contribution in [3.8, 4) is 0 Å². The fraction of sp³-hybridized carbons (Fsp3) is 0.174. The Morgan fingerprint density at radius 3 is 2.35 bits per heavy atom. The first-order valence-corrected chi connectivity index (χ1v) is 8.85. The van der Waals surface area contributed by atoms with Crippen LogP contribution in [0.2, 0.25) is 0 Å². The Morgan fingerprint density at radius 2 is 1.58 bits per heavy atom. The highest BCUT2D eigenvalue weighted by Crippen LogP contribution is 2.37. The molecule has 0 saturated carbocycles. The molecular weight excluding hydrogens is 325 g/mol. The lowest BCUT2D eigenvalue weighted by molar-refractivity contribution is 0.0689. The molecule has 1 atom stereocenters. The van der Waals surface area contributed by atoms with Crippen molar-refractivity contribution in [1.82, 2.24) is 4.90 Å². The second-order valence-corrected chi connectivity index (χ2v) is 6.69. The number of benzene rings is 3. The molecule has 0 radical (unpaired) electrons. The number of hydrogen-bond donors (Lipinski definition) is 0. The van der Waals surface area contributed by atoms with Crippen LogP contribution < -0.4 is 0 Å². The molecule has 0 fully saturated rings. The minimum absolute atomic E-state index is 0.130. The fourth-order valence-electron chi connectivity index (χ4n) is 3.80. The molecule has 0 aromatic heterocycles. The van der Waals surface area contributed by atoms with Crippen molar-refractivity contribution < 1.29 is 9.18 Å². The smallest absolute Gasteiger partial charge is 0.257 e. The summed E-state index contributed by atoms with van der Waals surface area (Å²) in [4.78, 5) is 15.0. The molecule has 3 aromatic carbocycles. The van der Waals surface area contributed by atoms with E-state index >= 15 is 0 Å². The molecule has 1 amide bonds. The van der Waals surface area contributed by atoms with Crippen molar-refractivity contribution in [3.05, 3.63) is 106 Å².